The van der Waals surface area contributed by atoms with Crippen LogP contribution in [0.1, 0.15) is 55.7 Å². The molecule has 0 radical (unpaired) electrons. The van der Waals surface area contributed by atoms with Crippen molar-refractivity contribution in [3.05, 3.63) is 89.8 Å². The molecule has 1 saturated heterocycles. The fraction of sp³-hybridized carbons (Fsp3) is 0.333. The third kappa shape index (κ3) is 3.67. The Morgan fingerprint density at radius 2 is 1.97 bits per heavy atom. The number of ether oxygens (including phenoxy) is 1. The number of allylic oxidation sites excluding steroid dienone is 3. The molecule has 1 fully saturated rings. The van der Waals surface area contributed by atoms with E-state index in [2.05, 4.69) is 71.4 Å². The average molecular weight is 427 g/mol. The first kappa shape index (κ1) is 20.7. The smallest absolute Gasteiger partial charge is 0.143 e. The van der Waals surface area contributed by atoms with E-state index in [9.17, 15) is 0 Å². The lowest BCUT2D eigenvalue weighted by Crippen LogP contribution is -2.17. The SMILES string of the molecule is C=C1C(C)=CC(c2nc3ccc(C4CCOCC4)cc3n2[C@@H](C)c2ccccn2)=CN1C. The highest BCUT2D eigenvalue weighted by molar-refractivity contribution is 5.84. The van der Waals surface area contributed by atoms with E-state index in [1.165, 1.54) is 5.56 Å². The van der Waals surface area contributed by atoms with Crippen molar-refractivity contribution in [1.29, 1.82) is 0 Å². The predicted octanol–water partition coefficient (Wildman–Crippen LogP) is 5.68. The molecule has 4 heterocycles. The number of likely N-dealkylation sites (N-methyl/N-ethyl adjacent to an activating group) is 1. The van der Waals surface area contributed by atoms with Crippen molar-refractivity contribution in [1.82, 2.24) is 19.4 Å². The number of hydrogen-bond acceptors (Lipinski definition) is 4. The fourth-order valence-electron chi connectivity index (χ4n) is 4.79. The van der Waals surface area contributed by atoms with Gasteiger partial charge in [-0.3, -0.25) is 4.98 Å². The summed E-state index contributed by atoms with van der Waals surface area (Å²) in [7, 11) is 2.04. The fourth-order valence-corrected chi connectivity index (χ4v) is 4.79. The molecule has 0 aliphatic carbocycles. The summed E-state index contributed by atoms with van der Waals surface area (Å²) in [6, 6.07) is 12.9. The second kappa shape index (κ2) is 8.40. The quantitative estimate of drug-likeness (QED) is 0.538. The van der Waals surface area contributed by atoms with Gasteiger partial charge >= 0.3 is 0 Å². The van der Waals surface area contributed by atoms with Crippen molar-refractivity contribution < 1.29 is 4.74 Å². The van der Waals surface area contributed by atoms with Gasteiger partial charge in [-0.2, -0.15) is 0 Å². The summed E-state index contributed by atoms with van der Waals surface area (Å²) >= 11 is 0. The molecule has 2 aromatic heterocycles. The number of rotatable bonds is 4. The van der Waals surface area contributed by atoms with Crippen LogP contribution in [0, 0.1) is 0 Å². The maximum Gasteiger partial charge on any atom is 0.143 e. The Morgan fingerprint density at radius 3 is 2.69 bits per heavy atom. The normalized spacial score (nSPS) is 18.6. The molecule has 0 N–H and O–H groups in total. The van der Waals surface area contributed by atoms with Crippen molar-refractivity contribution in [2.45, 2.75) is 38.6 Å². The average Bonchev–Trinajstić information content (AvgIpc) is 3.21. The standard InChI is InChI=1S/C27H30N4O/c1-18-15-23(17-30(4)19(18)2)27-29-25-9-8-22(21-10-13-32-14-11-21)16-26(25)31(27)20(3)24-7-5-6-12-28-24/h5-9,12,15-17,20-21H,2,10-11,13-14H2,1,3-4H3/t20-/m0/s1. The Morgan fingerprint density at radius 1 is 1.16 bits per heavy atom. The van der Waals surface area contributed by atoms with Crippen molar-refractivity contribution in [3.63, 3.8) is 0 Å². The Kier molecular flexibility index (Phi) is 5.43. The highest BCUT2D eigenvalue weighted by Gasteiger charge is 2.24. The maximum absolute atomic E-state index is 5.59. The minimum atomic E-state index is 0.0474. The first-order valence-corrected chi connectivity index (χ1v) is 11.4. The molecule has 2 aliphatic rings. The monoisotopic (exact) mass is 426 g/mol. The van der Waals surface area contributed by atoms with Crippen molar-refractivity contribution in [2.24, 2.45) is 0 Å². The Balaban J connectivity index is 1.69. The number of hydrogen-bond donors (Lipinski definition) is 0. The van der Waals surface area contributed by atoms with E-state index >= 15 is 0 Å². The van der Waals surface area contributed by atoms with Crippen molar-refractivity contribution in [2.75, 3.05) is 20.3 Å². The number of benzene rings is 1. The summed E-state index contributed by atoms with van der Waals surface area (Å²) in [5.41, 5.74) is 7.81. The van der Waals surface area contributed by atoms with Gasteiger partial charge in [-0.15, -0.1) is 0 Å². The molecule has 0 unspecified atom stereocenters. The summed E-state index contributed by atoms with van der Waals surface area (Å²) in [6.45, 7) is 10.2. The minimum absolute atomic E-state index is 0.0474. The van der Waals surface area contributed by atoms with Crippen LogP contribution in [0.25, 0.3) is 16.6 Å². The third-order valence-electron chi connectivity index (χ3n) is 6.75. The van der Waals surface area contributed by atoms with Crippen LogP contribution >= 0.6 is 0 Å². The van der Waals surface area contributed by atoms with Crippen LogP contribution < -0.4 is 0 Å². The predicted molar refractivity (Wildman–Crippen MR) is 129 cm³/mol. The van der Waals surface area contributed by atoms with E-state index in [0.717, 1.165) is 65.5 Å². The summed E-state index contributed by atoms with van der Waals surface area (Å²) in [4.78, 5) is 11.8. The van der Waals surface area contributed by atoms with Gasteiger partial charge in [0.15, 0.2) is 0 Å². The number of pyridine rings is 1. The van der Waals surface area contributed by atoms with Gasteiger partial charge in [-0.05, 0) is 74.1 Å². The molecule has 0 amide bonds. The molecule has 0 bridgehead atoms. The van der Waals surface area contributed by atoms with Gasteiger partial charge in [0.25, 0.3) is 0 Å². The number of aromatic nitrogens is 3. The molecule has 164 valence electrons. The molecule has 0 spiro atoms. The Hall–Kier alpha value is -3.18. The summed E-state index contributed by atoms with van der Waals surface area (Å²) in [5, 5.41) is 0. The summed E-state index contributed by atoms with van der Waals surface area (Å²) < 4.78 is 7.93. The highest BCUT2D eigenvalue weighted by atomic mass is 16.5. The lowest BCUT2D eigenvalue weighted by Gasteiger charge is -2.25. The molecule has 32 heavy (non-hydrogen) atoms. The zero-order chi connectivity index (χ0) is 22.2. The molecule has 2 aliphatic heterocycles. The topological polar surface area (TPSA) is 43.2 Å². The Labute approximate surface area is 189 Å². The molecular weight excluding hydrogens is 396 g/mol. The van der Waals surface area contributed by atoms with E-state index < -0.39 is 0 Å². The van der Waals surface area contributed by atoms with Gasteiger partial charge in [0.2, 0.25) is 0 Å². The second-order valence-electron chi connectivity index (χ2n) is 8.84. The molecule has 1 aromatic carbocycles. The highest BCUT2D eigenvalue weighted by Crippen LogP contribution is 2.35. The molecule has 0 saturated carbocycles. The van der Waals surface area contributed by atoms with E-state index in [1.54, 1.807) is 0 Å². The first-order valence-electron chi connectivity index (χ1n) is 11.4. The van der Waals surface area contributed by atoms with Crippen LogP contribution in [0.3, 0.4) is 0 Å². The summed E-state index contributed by atoms with van der Waals surface area (Å²) in [5.74, 6) is 1.50. The van der Waals surface area contributed by atoms with Gasteiger partial charge in [0.1, 0.15) is 5.82 Å². The molecule has 5 rings (SSSR count). The van der Waals surface area contributed by atoms with Gasteiger partial charge in [-0.25, -0.2) is 4.98 Å². The zero-order valence-electron chi connectivity index (χ0n) is 19.1. The van der Waals surface area contributed by atoms with Crippen LogP contribution in [0.5, 0.6) is 0 Å². The van der Waals surface area contributed by atoms with E-state index in [0.29, 0.717) is 5.92 Å². The second-order valence-corrected chi connectivity index (χ2v) is 8.84. The zero-order valence-corrected chi connectivity index (χ0v) is 19.1. The third-order valence-corrected chi connectivity index (χ3v) is 6.75. The maximum atomic E-state index is 5.59. The van der Waals surface area contributed by atoms with Crippen LogP contribution in [-0.2, 0) is 4.74 Å². The lowest BCUT2D eigenvalue weighted by molar-refractivity contribution is 0.0853. The molecule has 5 heteroatoms. The Bertz CT molecular complexity index is 1220. The number of fused-ring (bicyclic) bond motifs is 1. The van der Waals surface area contributed by atoms with Gasteiger partial charge in [0.05, 0.1) is 22.8 Å². The van der Waals surface area contributed by atoms with E-state index in [1.807, 2.05) is 25.4 Å². The lowest BCUT2D eigenvalue weighted by atomic mass is 9.91. The van der Waals surface area contributed by atoms with E-state index in [-0.39, 0.29) is 6.04 Å². The number of nitrogens with zero attached hydrogens (tertiary/aromatic N) is 4. The van der Waals surface area contributed by atoms with Crippen molar-refractivity contribution in [3.8, 4) is 0 Å². The van der Waals surface area contributed by atoms with Crippen molar-refractivity contribution >= 4 is 16.6 Å². The number of imidazole rings is 1. The largest absolute Gasteiger partial charge is 0.381 e. The van der Waals surface area contributed by atoms with Crippen LogP contribution in [0.2, 0.25) is 0 Å². The van der Waals surface area contributed by atoms with Gasteiger partial charge in [-0.1, -0.05) is 18.7 Å². The molecule has 3 aromatic rings. The van der Waals surface area contributed by atoms with Gasteiger partial charge in [0, 0.05) is 43.9 Å². The van der Waals surface area contributed by atoms with E-state index in [4.69, 9.17) is 9.72 Å². The molecule has 1 atom stereocenters. The molecule has 5 nitrogen and oxygen atoms in total. The summed E-state index contributed by atoms with van der Waals surface area (Å²) in [6.07, 6.45) is 8.31. The van der Waals surface area contributed by atoms with Crippen LogP contribution in [0.4, 0.5) is 0 Å². The minimum Gasteiger partial charge on any atom is -0.381 e. The molecular formula is C27H30N4O. The first-order chi connectivity index (χ1) is 15.5. The van der Waals surface area contributed by atoms with Crippen LogP contribution in [0.15, 0.2) is 72.7 Å². The van der Waals surface area contributed by atoms with Crippen LogP contribution in [-0.4, -0.2) is 39.7 Å². The van der Waals surface area contributed by atoms with Gasteiger partial charge < -0.3 is 14.2 Å².